The lowest BCUT2D eigenvalue weighted by atomic mass is 9.99. The van der Waals surface area contributed by atoms with Gasteiger partial charge in [-0.3, -0.25) is 0 Å². The molecule has 1 N–H and O–H groups in total. The van der Waals surface area contributed by atoms with E-state index in [2.05, 4.69) is 30.1 Å². The summed E-state index contributed by atoms with van der Waals surface area (Å²) in [6.07, 6.45) is 2.07. The molecule has 0 radical (unpaired) electrons. The third kappa shape index (κ3) is 2.05. The van der Waals surface area contributed by atoms with Crippen LogP contribution in [0, 0.1) is 0 Å². The molecule has 0 aromatic heterocycles. The first-order chi connectivity index (χ1) is 6.70. The van der Waals surface area contributed by atoms with E-state index in [9.17, 15) is 0 Å². The van der Waals surface area contributed by atoms with E-state index in [-0.39, 0.29) is 0 Å². The topological polar surface area (TPSA) is 12.0 Å². The predicted octanol–water partition coefficient (Wildman–Crippen LogP) is 3.30. The largest absolute Gasteiger partial charge is 0.388 e. The van der Waals surface area contributed by atoms with Gasteiger partial charge in [0.2, 0.25) is 0 Å². The van der Waals surface area contributed by atoms with E-state index in [0.29, 0.717) is 0 Å². The van der Waals surface area contributed by atoms with Crippen LogP contribution in [0.15, 0.2) is 36.9 Å². The summed E-state index contributed by atoms with van der Waals surface area (Å²) in [5, 5.41) is 3.18. The maximum atomic E-state index is 3.98. The highest BCUT2D eigenvalue weighted by atomic mass is 14.8. The van der Waals surface area contributed by atoms with Crippen LogP contribution in [0.3, 0.4) is 0 Å². The SMILES string of the molecule is C=C(C)c1ccccc1/C(=C/C)NC. The Hall–Kier alpha value is -1.50. The number of allylic oxidation sites excluding steroid dienone is 2. The van der Waals surface area contributed by atoms with Crippen molar-refractivity contribution in [1.82, 2.24) is 5.32 Å². The van der Waals surface area contributed by atoms with Crippen LogP contribution < -0.4 is 5.32 Å². The quantitative estimate of drug-likeness (QED) is 0.765. The second kappa shape index (κ2) is 4.66. The summed E-state index contributed by atoms with van der Waals surface area (Å²) in [7, 11) is 1.94. The molecule has 0 saturated carbocycles. The summed E-state index contributed by atoms with van der Waals surface area (Å²) in [5.41, 5.74) is 4.65. The van der Waals surface area contributed by atoms with E-state index < -0.39 is 0 Å². The number of nitrogens with one attached hydrogen (secondary N) is 1. The Morgan fingerprint density at radius 1 is 1.29 bits per heavy atom. The molecule has 0 saturated heterocycles. The Kier molecular flexibility index (Phi) is 3.52. The second-order valence-corrected chi connectivity index (χ2v) is 3.28. The van der Waals surface area contributed by atoms with Gasteiger partial charge < -0.3 is 5.32 Å². The van der Waals surface area contributed by atoms with Gasteiger partial charge in [0.05, 0.1) is 0 Å². The highest BCUT2D eigenvalue weighted by molar-refractivity contribution is 5.77. The van der Waals surface area contributed by atoms with Crippen LogP contribution in [0.4, 0.5) is 0 Å². The molecule has 0 spiro atoms. The van der Waals surface area contributed by atoms with E-state index in [4.69, 9.17) is 0 Å². The molecule has 0 aliphatic carbocycles. The molecule has 0 bridgehead atoms. The van der Waals surface area contributed by atoms with Gasteiger partial charge in [-0.1, -0.05) is 42.5 Å². The fraction of sp³-hybridized carbons (Fsp3) is 0.231. The van der Waals surface area contributed by atoms with Crippen LogP contribution in [-0.4, -0.2) is 7.05 Å². The Labute approximate surface area is 86.2 Å². The fourth-order valence-corrected chi connectivity index (χ4v) is 1.52. The molecule has 1 aromatic rings. The van der Waals surface area contributed by atoms with E-state index >= 15 is 0 Å². The van der Waals surface area contributed by atoms with Crippen LogP contribution in [0.25, 0.3) is 11.3 Å². The van der Waals surface area contributed by atoms with E-state index in [0.717, 1.165) is 11.3 Å². The molecule has 1 rings (SSSR count). The van der Waals surface area contributed by atoms with Crippen LogP contribution in [-0.2, 0) is 0 Å². The van der Waals surface area contributed by atoms with E-state index in [1.807, 2.05) is 33.0 Å². The molecule has 0 atom stereocenters. The molecule has 0 aliphatic heterocycles. The van der Waals surface area contributed by atoms with Crippen molar-refractivity contribution in [2.45, 2.75) is 13.8 Å². The molecule has 0 amide bonds. The lowest BCUT2D eigenvalue weighted by molar-refractivity contribution is 1.12. The first-order valence-electron chi connectivity index (χ1n) is 4.80. The second-order valence-electron chi connectivity index (χ2n) is 3.28. The number of benzene rings is 1. The smallest absolute Gasteiger partial charge is 0.0374 e. The summed E-state index contributed by atoms with van der Waals surface area (Å²) in [5.74, 6) is 0. The Balaban J connectivity index is 3.26. The first kappa shape index (κ1) is 10.6. The minimum absolute atomic E-state index is 1.09. The van der Waals surface area contributed by atoms with Gasteiger partial charge in [-0.25, -0.2) is 0 Å². The highest BCUT2D eigenvalue weighted by Gasteiger charge is 2.04. The number of rotatable bonds is 3. The van der Waals surface area contributed by atoms with Gasteiger partial charge in [-0.05, 0) is 19.4 Å². The molecule has 0 aliphatic rings. The molecule has 0 unspecified atom stereocenters. The minimum atomic E-state index is 1.09. The molecule has 0 heterocycles. The first-order valence-corrected chi connectivity index (χ1v) is 4.80. The normalized spacial score (nSPS) is 11.2. The van der Waals surface area contributed by atoms with Crippen molar-refractivity contribution >= 4 is 11.3 Å². The third-order valence-corrected chi connectivity index (χ3v) is 2.24. The molecule has 0 fully saturated rings. The molecular weight excluding hydrogens is 170 g/mol. The van der Waals surface area contributed by atoms with E-state index in [1.54, 1.807) is 0 Å². The van der Waals surface area contributed by atoms with Gasteiger partial charge >= 0.3 is 0 Å². The van der Waals surface area contributed by atoms with Crippen LogP contribution in [0.5, 0.6) is 0 Å². The van der Waals surface area contributed by atoms with Crippen molar-refractivity contribution in [3.05, 3.63) is 48.0 Å². The summed E-state index contributed by atoms with van der Waals surface area (Å²) >= 11 is 0. The summed E-state index contributed by atoms with van der Waals surface area (Å²) in [6.45, 7) is 8.04. The predicted molar refractivity (Wildman–Crippen MR) is 63.9 cm³/mol. The van der Waals surface area contributed by atoms with Crippen molar-refractivity contribution in [3.8, 4) is 0 Å². The Morgan fingerprint density at radius 2 is 1.86 bits per heavy atom. The zero-order valence-electron chi connectivity index (χ0n) is 9.09. The number of hydrogen-bond acceptors (Lipinski definition) is 1. The van der Waals surface area contributed by atoms with Crippen molar-refractivity contribution in [2.75, 3.05) is 7.05 Å². The van der Waals surface area contributed by atoms with Crippen molar-refractivity contribution in [3.63, 3.8) is 0 Å². The van der Waals surface area contributed by atoms with Gasteiger partial charge in [0, 0.05) is 18.3 Å². The van der Waals surface area contributed by atoms with Crippen LogP contribution in [0.1, 0.15) is 25.0 Å². The fourth-order valence-electron chi connectivity index (χ4n) is 1.52. The molecule has 74 valence electrons. The van der Waals surface area contributed by atoms with Gasteiger partial charge in [0.1, 0.15) is 0 Å². The van der Waals surface area contributed by atoms with Crippen molar-refractivity contribution < 1.29 is 0 Å². The van der Waals surface area contributed by atoms with Gasteiger partial charge in [0.15, 0.2) is 0 Å². The van der Waals surface area contributed by atoms with Crippen molar-refractivity contribution in [2.24, 2.45) is 0 Å². The highest BCUT2D eigenvalue weighted by Crippen LogP contribution is 2.22. The van der Waals surface area contributed by atoms with Gasteiger partial charge in [-0.2, -0.15) is 0 Å². The zero-order chi connectivity index (χ0) is 10.6. The van der Waals surface area contributed by atoms with Crippen molar-refractivity contribution in [1.29, 1.82) is 0 Å². The molecule has 1 nitrogen and oxygen atoms in total. The Morgan fingerprint density at radius 3 is 2.29 bits per heavy atom. The lowest BCUT2D eigenvalue weighted by Crippen LogP contribution is -2.06. The minimum Gasteiger partial charge on any atom is -0.388 e. The maximum Gasteiger partial charge on any atom is 0.0374 e. The third-order valence-electron chi connectivity index (χ3n) is 2.24. The summed E-state index contributed by atoms with van der Waals surface area (Å²) in [6, 6.07) is 8.29. The van der Waals surface area contributed by atoms with Crippen LogP contribution >= 0.6 is 0 Å². The zero-order valence-corrected chi connectivity index (χ0v) is 9.09. The standard InChI is InChI=1S/C13H17N/c1-5-13(14-4)12-9-7-6-8-11(12)10(2)3/h5-9,14H,2H2,1,3-4H3/b13-5-. The molecule has 1 aromatic carbocycles. The summed E-state index contributed by atoms with van der Waals surface area (Å²) in [4.78, 5) is 0. The van der Waals surface area contributed by atoms with Crippen LogP contribution in [0.2, 0.25) is 0 Å². The summed E-state index contributed by atoms with van der Waals surface area (Å²) < 4.78 is 0. The average molecular weight is 187 g/mol. The molecular formula is C13H17N. The monoisotopic (exact) mass is 187 g/mol. The molecule has 14 heavy (non-hydrogen) atoms. The van der Waals surface area contributed by atoms with Gasteiger partial charge in [0.25, 0.3) is 0 Å². The Bertz CT molecular complexity index is 361. The average Bonchev–Trinajstić information content (AvgIpc) is 2.20. The van der Waals surface area contributed by atoms with Gasteiger partial charge in [-0.15, -0.1) is 0 Å². The maximum absolute atomic E-state index is 3.98. The lowest BCUT2D eigenvalue weighted by Gasteiger charge is -2.12. The number of hydrogen-bond donors (Lipinski definition) is 1. The van der Waals surface area contributed by atoms with E-state index in [1.165, 1.54) is 11.1 Å². The molecule has 1 heteroatoms.